The highest BCUT2D eigenvalue weighted by Gasteiger charge is 2.18. The molecule has 0 saturated carbocycles. The number of nitrogens with one attached hydrogen (secondary N) is 3. The Morgan fingerprint density at radius 3 is 2.49 bits per heavy atom. The highest BCUT2D eigenvalue weighted by atomic mass is 32.2. The van der Waals surface area contributed by atoms with Crippen molar-refractivity contribution in [2.24, 2.45) is 0 Å². The maximum atomic E-state index is 13.1. The molecule has 1 amide bonds. The topological polar surface area (TPSA) is 117 Å². The molecule has 0 saturated heterocycles. The number of methoxy groups -OCH3 is 1. The number of carbonyl (C=O) groups is 1. The van der Waals surface area contributed by atoms with Gasteiger partial charge in [0.1, 0.15) is 11.3 Å². The van der Waals surface area contributed by atoms with Gasteiger partial charge in [-0.3, -0.25) is 14.3 Å². The fraction of sp³-hybridized carbons (Fsp3) is 0.154. The maximum Gasteiger partial charge on any atom is 0.261 e. The van der Waals surface area contributed by atoms with Crippen LogP contribution in [0.15, 0.2) is 82.6 Å². The van der Waals surface area contributed by atoms with Crippen LogP contribution < -0.4 is 20.2 Å². The molecular weight excluding hydrogens is 466 g/mol. The number of carbonyl (C=O) groups excluding carboxylic acids is 1. The van der Waals surface area contributed by atoms with Gasteiger partial charge in [0.05, 0.1) is 12.0 Å². The molecule has 0 spiro atoms. The van der Waals surface area contributed by atoms with Crippen molar-refractivity contribution in [3.05, 3.63) is 99.8 Å². The number of hydrogen-bond acceptors (Lipinski definition) is 5. The number of benzene rings is 3. The Balaban J connectivity index is 1.60. The number of rotatable bonds is 8. The SMILES string of the molecule is CCc1ccc(NS(=O)(=O)c2ccc3[nH]cc(C(=O)NCc4ccccc4OC)c(=O)c3c2)cc1. The van der Waals surface area contributed by atoms with Gasteiger partial charge in [0.2, 0.25) is 5.43 Å². The monoisotopic (exact) mass is 491 g/mol. The number of para-hydroxylation sites is 1. The van der Waals surface area contributed by atoms with Crippen LogP contribution in [0.4, 0.5) is 5.69 Å². The standard InChI is InChI=1S/C26H25N3O5S/c1-3-17-8-10-19(11-9-17)29-35(32,33)20-12-13-23-21(14-20)25(30)22(16-27-23)26(31)28-15-18-6-4-5-7-24(18)34-2/h4-14,16,29H,3,15H2,1-2H3,(H,27,30)(H,28,31). The predicted octanol–water partition coefficient (Wildman–Crippen LogP) is 3.83. The van der Waals surface area contributed by atoms with Crippen LogP contribution in [0.2, 0.25) is 0 Å². The number of pyridine rings is 1. The summed E-state index contributed by atoms with van der Waals surface area (Å²) < 4.78 is 33.7. The van der Waals surface area contributed by atoms with Crippen molar-refractivity contribution < 1.29 is 17.9 Å². The number of sulfonamides is 1. The summed E-state index contributed by atoms with van der Waals surface area (Å²) in [4.78, 5) is 28.7. The highest BCUT2D eigenvalue weighted by molar-refractivity contribution is 7.92. The first kappa shape index (κ1) is 24.0. The molecule has 3 N–H and O–H groups in total. The van der Waals surface area contributed by atoms with Crippen LogP contribution >= 0.6 is 0 Å². The zero-order valence-electron chi connectivity index (χ0n) is 19.3. The van der Waals surface area contributed by atoms with Gasteiger partial charge in [-0.25, -0.2) is 8.42 Å². The van der Waals surface area contributed by atoms with Crippen LogP contribution in [0.3, 0.4) is 0 Å². The maximum absolute atomic E-state index is 13.1. The lowest BCUT2D eigenvalue weighted by atomic mass is 10.1. The van der Waals surface area contributed by atoms with Crippen LogP contribution in [0.5, 0.6) is 5.75 Å². The van der Waals surface area contributed by atoms with E-state index in [2.05, 4.69) is 15.0 Å². The summed E-state index contributed by atoms with van der Waals surface area (Å²) in [6.07, 6.45) is 2.17. The largest absolute Gasteiger partial charge is 0.496 e. The minimum Gasteiger partial charge on any atom is -0.496 e. The number of H-pyrrole nitrogens is 1. The number of hydrogen-bond donors (Lipinski definition) is 3. The average Bonchev–Trinajstić information content (AvgIpc) is 2.87. The first-order valence-electron chi connectivity index (χ1n) is 11.0. The number of ether oxygens (including phenoxy) is 1. The first-order chi connectivity index (χ1) is 16.8. The fourth-order valence-corrected chi connectivity index (χ4v) is 4.76. The number of aromatic amines is 1. The van der Waals surface area contributed by atoms with E-state index in [0.29, 0.717) is 17.0 Å². The second-order valence-corrected chi connectivity index (χ2v) is 9.57. The van der Waals surface area contributed by atoms with E-state index in [1.807, 2.05) is 37.3 Å². The Morgan fingerprint density at radius 1 is 1.03 bits per heavy atom. The van der Waals surface area contributed by atoms with E-state index in [-0.39, 0.29) is 22.4 Å². The molecule has 0 bridgehead atoms. The minimum absolute atomic E-state index is 0.0818. The summed E-state index contributed by atoms with van der Waals surface area (Å²) in [5.74, 6) is 0.0355. The van der Waals surface area contributed by atoms with Crippen LogP contribution in [-0.4, -0.2) is 26.4 Å². The summed E-state index contributed by atoms with van der Waals surface area (Å²) in [5.41, 5.74) is 1.99. The second kappa shape index (κ2) is 10.0. The molecule has 0 aliphatic carbocycles. The summed E-state index contributed by atoms with van der Waals surface area (Å²) >= 11 is 0. The van der Waals surface area contributed by atoms with Crippen molar-refractivity contribution >= 4 is 32.5 Å². The smallest absolute Gasteiger partial charge is 0.261 e. The molecule has 0 aliphatic rings. The normalized spacial score (nSPS) is 11.3. The van der Waals surface area contributed by atoms with Gasteiger partial charge in [-0.05, 0) is 48.4 Å². The third-order valence-electron chi connectivity index (χ3n) is 5.65. The average molecular weight is 492 g/mol. The molecule has 0 atom stereocenters. The number of amides is 1. The quantitative estimate of drug-likeness (QED) is 0.346. The molecule has 180 valence electrons. The Labute approximate surface area is 203 Å². The van der Waals surface area contributed by atoms with E-state index in [0.717, 1.165) is 17.5 Å². The highest BCUT2D eigenvalue weighted by Crippen LogP contribution is 2.20. The van der Waals surface area contributed by atoms with E-state index in [9.17, 15) is 18.0 Å². The van der Waals surface area contributed by atoms with Gasteiger partial charge in [0, 0.05) is 34.9 Å². The number of fused-ring (bicyclic) bond motifs is 1. The first-order valence-corrected chi connectivity index (χ1v) is 12.5. The molecule has 4 rings (SSSR count). The lowest BCUT2D eigenvalue weighted by molar-refractivity contribution is 0.0949. The third-order valence-corrected chi connectivity index (χ3v) is 7.03. The van der Waals surface area contributed by atoms with Crippen LogP contribution in [-0.2, 0) is 23.0 Å². The summed E-state index contributed by atoms with van der Waals surface area (Å²) in [6, 6.07) is 18.5. The molecule has 1 heterocycles. The Bertz CT molecular complexity index is 1540. The van der Waals surface area contributed by atoms with E-state index in [4.69, 9.17) is 4.74 Å². The zero-order chi connectivity index (χ0) is 25.0. The van der Waals surface area contributed by atoms with Gasteiger partial charge in [-0.2, -0.15) is 0 Å². The van der Waals surface area contributed by atoms with Crippen molar-refractivity contribution in [3.63, 3.8) is 0 Å². The second-order valence-electron chi connectivity index (χ2n) is 7.89. The lowest BCUT2D eigenvalue weighted by Crippen LogP contribution is -2.28. The summed E-state index contributed by atoms with van der Waals surface area (Å²) in [7, 11) is -2.41. The van der Waals surface area contributed by atoms with E-state index >= 15 is 0 Å². The van der Waals surface area contributed by atoms with Crippen molar-refractivity contribution in [2.45, 2.75) is 24.8 Å². The zero-order valence-corrected chi connectivity index (χ0v) is 20.1. The lowest BCUT2D eigenvalue weighted by Gasteiger charge is -2.11. The third kappa shape index (κ3) is 5.20. The molecule has 0 unspecified atom stereocenters. The Kier molecular flexibility index (Phi) is 6.88. The molecule has 0 aliphatic heterocycles. The molecule has 4 aromatic rings. The molecule has 9 heteroatoms. The molecule has 0 radical (unpaired) electrons. The van der Waals surface area contributed by atoms with Crippen LogP contribution in [0.1, 0.15) is 28.4 Å². The fourth-order valence-electron chi connectivity index (χ4n) is 3.68. The van der Waals surface area contributed by atoms with Gasteiger partial charge in [0.25, 0.3) is 15.9 Å². The van der Waals surface area contributed by atoms with Crippen molar-refractivity contribution in [1.29, 1.82) is 0 Å². The van der Waals surface area contributed by atoms with Gasteiger partial charge >= 0.3 is 0 Å². The van der Waals surface area contributed by atoms with Crippen molar-refractivity contribution in [2.75, 3.05) is 11.8 Å². The van der Waals surface area contributed by atoms with Gasteiger partial charge in [-0.1, -0.05) is 37.3 Å². The molecule has 35 heavy (non-hydrogen) atoms. The predicted molar refractivity (Wildman–Crippen MR) is 135 cm³/mol. The minimum atomic E-state index is -3.95. The Morgan fingerprint density at radius 2 is 1.77 bits per heavy atom. The van der Waals surface area contributed by atoms with Crippen LogP contribution in [0.25, 0.3) is 10.9 Å². The van der Waals surface area contributed by atoms with Gasteiger partial charge < -0.3 is 15.0 Å². The summed E-state index contributed by atoms with van der Waals surface area (Å²) in [5, 5.41) is 2.81. The van der Waals surface area contributed by atoms with Gasteiger partial charge in [0.15, 0.2) is 0 Å². The molecule has 8 nitrogen and oxygen atoms in total. The van der Waals surface area contributed by atoms with E-state index in [1.54, 1.807) is 18.2 Å². The van der Waals surface area contributed by atoms with E-state index in [1.165, 1.54) is 31.5 Å². The molecular formula is C26H25N3O5S. The molecule has 0 fully saturated rings. The number of aromatic nitrogens is 1. The van der Waals surface area contributed by atoms with Gasteiger partial charge in [-0.15, -0.1) is 0 Å². The molecule has 3 aromatic carbocycles. The van der Waals surface area contributed by atoms with Crippen molar-refractivity contribution in [3.8, 4) is 5.75 Å². The summed E-state index contributed by atoms with van der Waals surface area (Å²) in [6.45, 7) is 2.17. The van der Waals surface area contributed by atoms with Crippen LogP contribution in [0, 0.1) is 0 Å². The Hall–Kier alpha value is -4.11. The van der Waals surface area contributed by atoms with E-state index < -0.39 is 21.4 Å². The number of anilines is 1. The molecule has 1 aromatic heterocycles. The number of aryl methyl sites for hydroxylation is 1. The van der Waals surface area contributed by atoms with Crippen molar-refractivity contribution in [1.82, 2.24) is 10.3 Å².